The van der Waals surface area contributed by atoms with Crippen LogP contribution in [0.3, 0.4) is 0 Å². The molecule has 5 nitrogen and oxygen atoms in total. The van der Waals surface area contributed by atoms with Crippen molar-refractivity contribution < 1.29 is 13.9 Å². The molecule has 2 aromatic carbocycles. The van der Waals surface area contributed by atoms with Gasteiger partial charge in [-0.25, -0.2) is 9.18 Å². The SMILES string of the molecule is COc1ccc(NC(=O)NC[C@@H]2CCN(c3ccccc3F)C2)cc1. The lowest BCUT2D eigenvalue weighted by molar-refractivity contribution is 0.250. The third-order valence-electron chi connectivity index (χ3n) is 4.38. The Kier molecular flexibility index (Phi) is 5.38. The maximum atomic E-state index is 13.8. The molecule has 1 aliphatic rings. The summed E-state index contributed by atoms with van der Waals surface area (Å²) < 4.78 is 18.9. The highest BCUT2D eigenvalue weighted by atomic mass is 19.1. The minimum atomic E-state index is -0.241. The van der Waals surface area contributed by atoms with Crippen LogP contribution in [0.15, 0.2) is 48.5 Å². The van der Waals surface area contributed by atoms with Crippen molar-refractivity contribution in [2.75, 3.05) is 37.0 Å². The molecule has 1 fully saturated rings. The zero-order chi connectivity index (χ0) is 17.6. The Balaban J connectivity index is 1.46. The lowest BCUT2D eigenvalue weighted by Crippen LogP contribution is -2.34. The molecule has 0 radical (unpaired) electrons. The van der Waals surface area contributed by atoms with Crippen LogP contribution in [-0.4, -0.2) is 32.8 Å². The van der Waals surface area contributed by atoms with Crippen molar-refractivity contribution in [3.05, 3.63) is 54.3 Å². The second kappa shape index (κ2) is 7.88. The number of rotatable bonds is 5. The summed E-state index contributed by atoms with van der Waals surface area (Å²) >= 11 is 0. The molecule has 6 heteroatoms. The molecule has 2 amide bonds. The molecule has 2 aromatic rings. The second-order valence-electron chi connectivity index (χ2n) is 6.12. The zero-order valence-corrected chi connectivity index (χ0v) is 14.2. The molecule has 1 heterocycles. The molecule has 0 unspecified atom stereocenters. The van der Waals surface area contributed by atoms with E-state index in [-0.39, 0.29) is 11.8 Å². The Hall–Kier alpha value is -2.76. The maximum absolute atomic E-state index is 13.8. The third kappa shape index (κ3) is 4.41. The van der Waals surface area contributed by atoms with Crippen LogP contribution in [0.25, 0.3) is 0 Å². The van der Waals surface area contributed by atoms with Crippen LogP contribution in [0.2, 0.25) is 0 Å². The molecule has 0 saturated carbocycles. The van der Waals surface area contributed by atoms with E-state index in [1.165, 1.54) is 6.07 Å². The minimum Gasteiger partial charge on any atom is -0.497 e. The standard InChI is InChI=1S/C19H22FN3O2/c1-25-16-8-6-15(7-9-16)22-19(24)21-12-14-10-11-23(13-14)18-5-3-2-4-17(18)20/h2-9,14H,10-13H2,1H3,(H2,21,22,24)/t14-/m0/s1. The number of anilines is 2. The average molecular weight is 343 g/mol. The highest BCUT2D eigenvalue weighted by Crippen LogP contribution is 2.25. The Morgan fingerprint density at radius 3 is 2.72 bits per heavy atom. The van der Waals surface area contributed by atoms with Gasteiger partial charge in [-0.15, -0.1) is 0 Å². The molecule has 1 atom stereocenters. The number of benzene rings is 2. The van der Waals surface area contributed by atoms with Crippen molar-refractivity contribution in [3.8, 4) is 5.75 Å². The molecular weight excluding hydrogens is 321 g/mol. The van der Waals surface area contributed by atoms with Gasteiger partial charge in [0.2, 0.25) is 0 Å². The number of hydrogen-bond donors (Lipinski definition) is 2. The summed E-state index contributed by atoms with van der Waals surface area (Å²) in [5.41, 5.74) is 1.34. The van der Waals surface area contributed by atoms with Crippen LogP contribution in [0, 0.1) is 11.7 Å². The van der Waals surface area contributed by atoms with Gasteiger partial charge in [0.25, 0.3) is 0 Å². The van der Waals surface area contributed by atoms with E-state index in [0.717, 1.165) is 25.3 Å². The fraction of sp³-hybridized carbons (Fsp3) is 0.316. The molecular formula is C19H22FN3O2. The van der Waals surface area contributed by atoms with Crippen molar-refractivity contribution >= 4 is 17.4 Å². The van der Waals surface area contributed by atoms with Crippen LogP contribution in [-0.2, 0) is 0 Å². The van der Waals surface area contributed by atoms with Gasteiger partial charge in [-0.2, -0.15) is 0 Å². The van der Waals surface area contributed by atoms with Crippen LogP contribution in [0.1, 0.15) is 6.42 Å². The van der Waals surface area contributed by atoms with Crippen LogP contribution in [0.4, 0.5) is 20.6 Å². The van der Waals surface area contributed by atoms with Crippen LogP contribution in [0.5, 0.6) is 5.75 Å². The summed E-state index contributed by atoms with van der Waals surface area (Å²) in [7, 11) is 1.60. The summed E-state index contributed by atoms with van der Waals surface area (Å²) in [6.07, 6.45) is 0.928. The fourth-order valence-corrected chi connectivity index (χ4v) is 3.01. The second-order valence-corrected chi connectivity index (χ2v) is 6.12. The van der Waals surface area contributed by atoms with E-state index in [1.807, 2.05) is 11.0 Å². The Morgan fingerprint density at radius 1 is 1.24 bits per heavy atom. The number of nitrogens with zero attached hydrogens (tertiary/aromatic N) is 1. The van der Waals surface area contributed by atoms with E-state index in [4.69, 9.17) is 4.74 Å². The van der Waals surface area contributed by atoms with E-state index in [2.05, 4.69) is 10.6 Å². The number of para-hydroxylation sites is 1. The topological polar surface area (TPSA) is 53.6 Å². The quantitative estimate of drug-likeness (QED) is 0.874. The number of urea groups is 1. The molecule has 25 heavy (non-hydrogen) atoms. The van der Waals surface area contributed by atoms with Gasteiger partial charge in [0.05, 0.1) is 12.8 Å². The Labute approximate surface area is 146 Å². The van der Waals surface area contributed by atoms with Gasteiger partial charge in [0.1, 0.15) is 11.6 Å². The first-order valence-electron chi connectivity index (χ1n) is 8.34. The summed E-state index contributed by atoms with van der Waals surface area (Å²) in [4.78, 5) is 14.0. The lowest BCUT2D eigenvalue weighted by Gasteiger charge is -2.19. The van der Waals surface area contributed by atoms with Gasteiger partial charge in [-0.05, 0) is 48.7 Å². The summed E-state index contributed by atoms with van der Waals surface area (Å²) in [5, 5.41) is 5.68. The van der Waals surface area contributed by atoms with Gasteiger partial charge in [-0.1, -0.05) is 12.1 Å². The van der Waals surface area contributed by atoms with Crippen LogP contribution < -0.4 is 20.3 Å². The predicted octanol–water partition coefficient (Wildman–Crippen LogP) is 3.48. The lowest BCUT2D eigenvalue weighted by atomic mass is 10.1. The number of ether oxygens (including phenoxy) is 1. The number of nitrogens with one attached hydrogen (secondary N) is 2. The molecule has 0 aliphatic carbocycles. The molecule has 1 saturated heterocycles. The third-order valence-corrected chi connectivity index (χ3v) is 4.38. The molecule has 0 spiro atoms. The molecule has 132 valence electrons. The van der Waals surface area contributed by atoms with E-state index in [1.54, 1.807) is 43.5 Å². The predicted molar refractivity (Wildman–Crippen MR) is 96.7 cm³/mol. The average Bonchev–Trinajstić information content (AvgIpc) is 3.10. The van der Waals surface area contributed by atoms with Gasteiger partial charge in [0.15, 0.2) is 0 Å². The van der Waals surface area contributed by atoms with Crippen LogP contribution >= 0.6 is 0 Å². The number of halogens is 1. The minimum absolute atomic E-state index is 0.201. The number of carbonyl (C=O) groups excluding carboxylic acids is 1. The molecule has 2 N–H and O–H groups in total. The first-order chi connectivity index (χ1) is 12.2. The number of hydrogen-bond acceptors (Lipinski definition) is 3. The molecule has 0 bridgehead atoms. The molecule has 0 aromatic heterocycles. The van der Waals surface area contributed by atoms with E-state index < -0.39 is 0 Å². The van der Waals surface area contributed by atoms with E-state index >= 15 is 0 Å². The number of carbonyl (C=O) groups is 1. The van der Waals surface area contributed by atoms with Gasteiger partial charge in [0, 0.05) is 25.3 Å². The summed E-state index contributed by atoms with van der Waals surface area (Å²) in [6.45, 7) is 2.10. The molecule has 3 rings (SSSR count). The van der Waals surface area contributed by atoms with Gasteiger partial charge < -0.3 is 20.3 Å². The Morgan fingerprint density at radius 2 is 2.00 bits per heavy atom. The fourth-order valence-electron chi connectivity index (χ4n) is 3.01. The maximum Gasteiger partial charge on any atom is 0.319 e. The normalized spacial score (nSPS) is 16.6. The summed E-state index contributed by atoms with van der Waals surface area (Å²) in [6, 6.07) is 13.7. The monoisotopic (exact) mass is 343 g/mol. The van der Waals surface area contributed by atoms with Gasteiger partial charge in [-0.3, -0.25) is 0 Å². The zero-order valence-electron chi connectivity index (χ0n) is 14.2. The number of methoxy groups -OCH3 is 1. The summed E-state index contributed by atoms with van der Waals surface area (Å²) in [5.74, 6) is 0.847. The largest absolute Gasteiger partial charge is 0.497 e. The first-order valence-corrected chi connectivity index (χ1v) is 8.34. The van der Waals surface area contributed by atoms with Gasteiger partial charge >= 0.3 is 6.03 Å². The van der Waals surface area contributed by atoms with E-state index in [0.29, 0.717) is 23.8 Å². The highest BCUT2D eigenvalue weighted by molar-refractivity contribution is 5.89. The van der Waals surface area contributed by atoms with Crippen molar-refractivity contribution in [1.82, 2.24) is 5.32 Å². The Bertz CT molecular complexity index is 721. The van der Waals surface area contributed by atoms with Crippen molar-refractivity contribution in [2.24, 2.45) is 5.92 Å². The van der Waals surface area contributed by atoms with E-state index in [9.17, 15) is 9.18 Å². The highest BCUT2D eigenvalue weighted by Gasteiger charge is 2.24. The molecule has 1 aliphatic heterocycles. The number of amides is 2. The van der Waals surface area contributed by atoms with Crippen molar-refractivity contribution in [2.45, 2.75) is 6.42 Å². The first kappa shape index (κ1) is 17.1. The smallest absolute Gasteiger partial charge is 0.319 e. The van der Waals surface area contributed by atoms with Crippen molar-refractivity contribution in [1.29, 1.82) is 0 Å². The van der Waals surface area contributed by atoms with Crippen molar-refractivity contribution in [3.63, 3.8) is 0 Å².